The molecule has 1 aliphatic carbocycles. The van der Waals surface area contributed by atoms with Crippen molar-refractivity contribution in [1.29, 1.82) is 5.26 Å². The number of nitrogens with two attached hydrogens (primary N) is 1. The molecule has 2 aromatic rings. The normalized spacial score (nSPS) is 18.4. The fourth-order valence-electron chi connectivity index (χ4n) is 3.90. The van der Waals surface area contributed by atoms with Gasteiger partial charge >= 0.3 is 5.97 Å². The third-order valence-electron chi connectivity index (χ3n) is 5.61. The first-order valence-electron chi connectivity index (χ1n) is 10.1. The van der Waals surface area contributed by atoms with Gasteiger partial charge < -0.3 is 15.2 Å². The number of carbonyl (C=O) groups excluding carboxylic acids is 2. The number of ether oxygens (including phenoxy) is 2. The molecule has 0 atom stereocenters. The highest BCUT2D eigenvalue weighted by molar-refractivity contribution is 5.91. The molecule has 0 unspecified atom stereocenters. The summed E-state index contributed by atoms with van der Waals surface area (Å²) in [5, 5.41) is 9.16. The van der Waals surface area contributed by atoms with Crippen LogP contribution in [0.2, 0.25) is 0 Å². The molecule has 0 spiro atoms. The fourth-order valence-corrected chi connectivity index (χ4v) is 3.90. The average Bonchev–Trinajstić information content (AvgIpc) is 2.78. The van der Waals surface area contributed by atoms with E-state index in [0.29, 0.717) is 30.3 Å². The molecule has 1 fully saturated rings. The minimum absolute atomic E-state index is 0.00952. The molecular weight excluding hydrogens is 380 g/mol. The van der Waals surface area contributed by atoms with Crippen molar-refractivity contribution in [1.82, 2.24) is 0 Å². The predicted molar refractivity (Wildman–Crippen MR) is 112 cm³/mol. The minimum atomic E-state index is -0.417. The maximum atomic E-state index is 12.1. The number of hydrogen-bond acceptors (Lipinski definition) is 5. The number of nitriles is 1. The number of nitrogens with zero attached hydrogens (tertiary/aromatic N) is 1. The Balaban J connectivity index is 1.70. The van der Waals surface area contributed by atoms with Crippen LogP contribution in [0.4, 0.5) is 0 Å². The number of carbonyl (C=O) groups is 2. The second kappa shape index (κ2) is 10.0. The molecule has 2 N–H and O–H groups in total. The molecule has 6 heteroatoms. The van der Waals surface area contributed by atoms with Gasteiger partial charge in [-0.15, -0.1) is 0 Å². The number of benzene rings is 2. The molecule has 3 rings (SSSR count). The SMILES string of the molecule is COC(=O)c1cc(COCC2CCC(C(N)=O)CC2)cc(-c2cccc(C#N)c2)c1. The van der Waals surface area contributed by atoms with Crippen molar-refractivity contribution < 1.29 is 19.1 Å². The van der Waals surface area contributed by atoms with Crippen molar-refractivity contribution >= 4 is 11.9 Å². The molecule has 0 aliphatic heterocycles. The second-order valence-corrected chi connectivity index (χ2v) is 7.74. The number of rotatable bonds is 7. The Morgan fingerprint density at radius 2 is 1.87 bits per heavy atom. The van der Waals surface area contributed by atoms with Gasteiger partial charge in [0.2, 0.25) is 5.91 Å². The Hall–Kier alpha value is -3.17. The molecule has 6 nitrogen and oxygen atoms in total. The van der Waals surface area contributed by atoms with Crippen LogP contribution in [-0.2, 0) is 20.9 Å². The highest BCUT2D eigenvalue weighted by Crippen LogP contribution is 2.29. The summed E-state index contributed by atoms with van der Waals surface area (Å²) in [5.74, 6) is -0.220. The standard InChI is InChI=1S/C24H26N2O4/c1-29-24(28)22-11-18(10-21(12-22)20-4-2-3-17(9-20)13-25)15-30-14-16-5-7-19(8-6-16)23(26)27/h2-4,9-12,16,19H,5-8,14-15H2,1H3,(H2,26,27). The maximum Gasteiger partial charge on any atom is 0.337 e. The molecule has 2 aromatic carbocycles. The van der Waals surface area contributed by atoms with E-state index in [0.717, 1.165) is 42.4 Å². The van der Waals surface area contributed by atoms with Gasteiger partial charge in [-0.1, -0.05) is 12.1 Å². The van der Waals surface area contributed by atoms with Crippen molar-refractivity contribution in [3.63, 3.8) is 0 Å². The second-order valence-electron chi connectivity index (χ2n) is 7.74. The molecule has 0 heterocycles. The fraction of sp³-hybridized carbons (Fsp3) is 0.375. The largest absolute Gasteiger partial charge is 0.465 e. The number of hydrogen-bond donors (Lipinski definition) is 1. The van der Waals surface area contributed by atoms with Gasteiger partial charge in [-0.2, -0.15) is 5.26 Å². The lowest BCUT2D eigenvalue weighted by atomic mass is 9.82. The number of esters is 1. The van der Waals surface area contributed by atoms with Crippen LogP contribution in [0.5, 0.6) is 0 Å². The predicted octanol–water partition coefficient (Wildman–Crippen LogP) is 3.82. The Morgan fingerprint density at radius 1 is 1.10 bits per heavy atom. The van der Waals surface area contributed by atoms with E-state index in [9.17, 15) is 9.59 Å². The summed E-state index contributed by atoms with van der Waals surface area (Å²) < 4.78 is 10.8. The Kier molecular flexibility index (Phi) is 7.21. The first kappa shape index (κ1) is 21.5. The summed E-state index contributed by atoms with van der Waals surface area (Å²) in [6.45, 7) is 0.971. The molecule has 1 saturated carbocycles. The lowest BCUT2D eigenvalue weighted by Crippen LogP contribution is -2.28. The van der Waals surface area contributed by atoms with E-state index in [1.54, 1.807) is 24.3 Å². The van der Waals surface area contributed by atoms with E-state index in [4.69, 9.17) is 20.5 Å². The first-order valence-corrected chi connectivity index (χ1v) is 10.1. The third kappa shape index (κ3) is 5.46. The lowest BCUT2D eigenvalue weighted by Gasteiger charge is -2.26. The zero-order valence-corrected chi connectivity index (χ0v) is 17.1. The van der Waals surface area contributed by atoms with Crippen molar-refractivity contribution in [2.75, 3.05) is 13.7 Å². The van der Waals surface area contributed by atoms with Gasteiger partial charge in [0.15, 0.2) is 0 Å². The van der Waals surface area contributed by atoms with Crippen LogP contribution in [0.15, 0.2) is 42.5 Å². The molecular formula is C24H26N2O4. The lowest BCUT2D eigenvalue weighted by molar-refractivity contribution is -0.123. The number of methoxy groups -OCH3 is 1. The van der Waals surface area contributed by atoms with E-state index >= 15 is 0 Å². The monoisotopic (exact) mass is 406 g/mol. The Morgan fingerprint density at radius 3 is 2.53 bits per heavy atom. The molecule has 1 amide bonds. The average molecular weight is 406 g/mol. The molecule has 0 aromatic heterocycles. The van der Waals surface area contributed by atoms with Crippen molar-refractivity contribution in [2.45, 2.75) is 32.3 Å². The zero-order valence-electron chi connectivity index (χ0n) is 17.1. The zero-order chi connectivity index (χ0) is 21.5. The third-order valence-corrected chi connectivity index (χ3v) is 5.61. The Labute approximate surface area is 176 Å². The van der Waals surface area contributed by atoms with Gasteiger partial charge in [0, 0.05) is 12.5 Å². The van der Waals surface area contributed by atoms with Gasteiger partial charge in [0.1, 0.15) is 0 Å². The van der Waals surface area contributed by atoms with E-state index < -0.39 is 5.97 Å². The summed E-state index contributed by atoms with van der Waals surface area (Å²) in [7, 11) is 1.35. The molecule has 0 saturated heterocycles. The topological polar surface area (TPSA) is 102 Å². The molecule has 156 valence electrons. The van der Waals surface area contributed by atoms with Gasteiger partial charge in [-0.25, -0.2) is 4.79 Å². The minimum Gasteiger partial charge on any atom is -0.465 e. The van der Waals surface area contributed by atoms with Gasteiger partial charge in [0.25, 0.3) is 0 Å². The Bertz CT molecular complexity index is 956. The highest BCUT2D eigenvalue weighted by Gasteiger charge is 2.24. The van der Waals surface area contributed by atoms with E-state index in [2.05, 4.69) is 6.07 Å². The summed E-state index contributed by atoms with van der Waals surface area (Å²) in [4.78, 5) is 23.4. The van der Waals surface area contributed by atoms with Crippen LogP contribution < -0.4 is 5.73 Å². The molecule has 0 radical (unpaired) electrons. The maximum absolute atomic E-state index is 12.1. The highest BCUT2D eigenvalue weighted by atomic mass is 16.5. The van der Waals surface area contributed by atoms with Crippen LogP contribution in [0.1, 0.15) is 47.2 Å². The van der Waals surface area contributed by atoms with Crippen LogP contribution >= 0.6 is 0 Å². The van der Waals surface area contributed by atoms with Crippen molar-refractivity contribution in [3.8, 4) is 17.2 Å². The summed E-state index contributed by atoms with van der Waals surface area (Å²) >= 11 is 0. The van der Waals surface area contributed by atoms with Gasteiger partial charge in [-0.05, 0) is 78.6 Å². The van der Waals surface area contributed by atoms with Gasteiger partial charge in [0.05, 0.1) is 30.9 Å². The quantitative estimate of drug-likeness (QED) is 0.704. The molecule has 30 heavy (non-hydrogen) atoms. The number of primary amides is 1. The van der Waals surface area contributed by atoms with Crippen LogP contribution in [0.3, 0.4) is 0 Å². The first-order chi connectivity index (χ1) is 14.5. The summed E-state index contributed by atoms with van der Waals surface area (Å²) in [5.41, 5.74) is 8.94. The van der Waals surface area contributed by atoms with E-state index in [1.807, 2.05) is 18.2 Å². The molecule has 0 bridgehead atoms. The summed E-state index contributed by atoms with van der Waals surface area (Å²) in [6.07, 6.45) is 3.51. The van der Waals surface area contributed by atoms with Crippen LogP contribution in [-0.4, -0.2) is 25.6 Å². The van der Waals surface area contributed by atoms with Crippen molar-refractivity contribution in [3.05, 3.63) is 59.2 Å². The van der Waals surface area contributed by atoms with Crippen LogP contribution in [0.25, 0.3) is 11.1 Å². The number of amides is 1. The smallest absolute Gasteiger partial charge is 0.337 e. The van der Waals surface area contributed by atoms with Gasteiger partial charge in [-0.3, -0.25) is 4.79 Å². The van der Waals surface area contributed by atoms with Crippen LogP contribution in [0, 0.1) is 23.2 Å². The van der Waals surface area contributed by atoms with Crippen molar-refractivity contribution in [2.24, 2.45) is 17.6 Å². The van der Waals surface area contributed by atoms with E-state index in [1.165, 1.54) is 7.11 Å². The molecule has 1 aliphatic rings. The van der Waals surface area contributed by atoms with E-state index in [-0.39, 0.29) is 11.8 Å². The summed E-state index contributed by atoms with van der Waals surface area (Å²) in [6, 6.07) is 14.9.